The fraction of sp³-hybridized carbons (Fsp3) is 0.263. The van der Waals surface area contributed by atoms with Crippen LogP contribution in [0, 0.1) is 0 Å². The van der Waals surface area contributed by atoms with Crippen LogP contribution in [0.2, 0.25) is 0 Å². The predicted molar refractivity (Wildman–Crippen MR) is 94.8 cm³/mol. The van der Waals surface area contributed by atoms with Crippen LogP contribution in [0.4, 0.5) is 5.82 Å². The Hall–Kier alpha value is -3.02. The number of para-hydroxylation sites is 1. The van der Waals surface area contributed by atoms with E-state index in [-0.39, 0.29) is 17.7 Å². The summed E-state index contributed by atoms with van der Waals surface area (Å²) in [7, 11) is 0. The number of nitrogens with zero attached hydrogens (tertiary/aromatic N) is 4. The Morgan fingerprint density at radius 3 is 2.76 bits per heavy atom. The number of carbonyl (C=O) groups excluding carboxylic acids is 1. The molecular weight excluding hydrogens is 314 g/mol. The molecule has 2 aromatic heterocycles. The molecule has 0 saturated carbocycles. The third-order valence-corrected chi connectivity index (χ3v) is 4.39. The zero-order chi connectivity index (χ0) is 17.4. The topological polar surface area (TPSA) is 72.7 Å². The van der Waals surface area contributed by atoms with Gasteiger partial charge in [0.25, 0.3) is 0 Å². The lowest BCUT2D eigenvalue weighted by Crippen LogP contribution is -2.25. The maximum absolute atomic E-state index is 12.3. The molecule has 1 aliphatic heterocycles. The smallest absolute Gasteiger partial charge is 0.226 e. The molecule has 3 heterocycles. The summed E-state index contributed by atoms with van der Waals surface area (Å²) in [4.78, 5) is 21.3. The summed E-state index contributed by atoms with van der Waals surface area (Å²) in [5.74, 6) is 1.61. The van der Waals surface area contributed by atoms with Gasteiger partial charge in [0.1, 0.15) is 11.6 Å². The number of carbonyl (C=O) groups is 1. The van der Waals surface area contributed by atoms with Crippen molar-refractivity contribution in [3.05, 3.63) is 65.9 Å². The number of aromatic nitrogens is 4. The highest BCUT2D eigenvalue weighted by molar-refractivity contribution is 5.94. The number of rotatable bonds is 3. The Morgan fingerprint density at radius 1 is 1.20 bits per heavy atom. The van der Waals surface area contributed by atoms with E-state index in [2.05, 4.69) is 34.2 Å². The Balaban J connectivity index is 1.80. The lowest BCUT2D eigenvalue weighted by atomic mass is 9.91. The standard InChI is InChI=1S/C19H19N5O/c1-12(2)18-20-9-8-16(22-18)14-10-17(25)23-19-15(14)11-21-24(19)13-6-4-3-5-7-13/h3-9,11-12,14H,10H2,1-2H3,(H,23,25). The van der Waals surface area contributed by atoms with E-state index in [1.807, 2.05) is 42.6 Å². The van der Waals surface area contributed by atoms with Gasteiger partial charge < -0.3 is 5.32 Å². The van der Waals surface area contributed by atoms with Crippen molar-refractivity contribution in [2.45, 2.75) is 32.1 Å². The average Bonchev–Trinajstić information content (AvgIpc) is 3.05. The van der Waals surface area contributed by atoms with Crippen LogP contribution in [0.25, 0.3) is 5.69 Å². The molecule has 0 aliphatic carbocycles. The van der Waals surface area contributed by atoms with Crippen LogP contribution in [0.5, 0.6) is 0 Å². The van der Waals surface area contributed by atoms with E-state index in [1.54, 1.807) is 10.9 Å². The number of nitrogens with one attached hydrogen (secondary N) is 1. The first-order valence-electron chi connectivity index (χ1n) is 8.39. The Kier molecular flexibility index (Phi) is 3.80. The summed E-state index contributed by atoms with van der Waals surface area (Å²) in [6.07, 6.45) is 3.96. The normalized spacial score (nSPS) is 16.6. The van der Waals surface area contributed by atoms with Crippen LogP contribution in [-0.4, -0.2) is 25.7 Å². The van der Waals surface area contributed by atoms with Crippen molar-refractivity contribution in [1.29, 1.82) is 0 Å². The Bertz CT molecular complexity index is 917. The number of benzene rings is 1. The van der Waals surface area contributed by atoms with Crippen molar-refractivity contribution < 1.29 is 4.79 Å². The zero-order valence-corrected chi connectivity index (χ0v) is 14.2. The van der Waals surface area contributed by atoms with Crippen LogP contribution in [0.1, 0.15) is 49.2 Å². The highest BCUT2D eigenvalue weighted by atomic mass is 16.1. The van der Waals surface area contributed by atoms with Crippen molar-refractivity contribution in [3.8, 4) is 5.69 Å². The van der Waals surface area contributed by atoms with E-state index < -0.39 is 0 Å². The van der Waals surface area contributed by atoms with Gasteiger partial charge in [-0.1, -0.05) is 32.0 Å². The number of fused-ring (bicyclic) bond motifs is 1. The molecule has 6 heteroatoms. The van der Waals surface area contributed by atoms with E-state index in [0.717, 1.165) is 28.6 Å². The van der Waals surface area contributed by atoms with Crippen LogP contribution < -0.4 is 5.32 Å². The number of amides is 1. The first kappa shape index (κ1) is 15.5. The second kappa shape index (κ2) is 6.12. The molecule has 0 saturated heterocycles. The number of anilines is 1. The molecule has 0 fully saturated rings. The molecule has 6 nitrogen and oxygen atoms in total. The van der Waals surface area contributed by atoms with E-state index in [9.17, 15) is 4.79 Å². The molecule has 0 bridgehead atoms. The van der Waals surface area contributed by atoms with E-state index in [0.29, 0.717) is 6.42 Å². The molecule has 1 aliphatic rings. The average molecular weight is 333 g/mol. The molecule has 1 N–H and O–H groups in total. The minimum atomic E-state index is -0.110. The lowest BCUT2D eigenvalue weighted by Gasteiger charge is -2.23. The monoisotopic (exact) mass is 333 g/mol. The van der Waals surface area contributed by atoms with Crippen LogP contribution >= 0.6 is 0 Å². The second-order valence-electron chi connectivity index (χ2n) is 6.50. The van der Waals surface area contributed by atoms with Gasteiger partial charge in [-0.15, -0.1) is 0 Å². The molecule has 0 spiro atoms. The van der Waals surface area contributed by atoms with Gasteiger partial charge >= 0.3 is 0 Å². The number of hydrogen-bond acceptors (Lipinski definition) is 4. The molecule has 1 atom stereocenters. The Morgan fingerprint density at radius 2 is 2.00 bits per heavy atom. The SMILES string of the molecule is CC(C)c1nccc(C2CC(=O)Nc3c2cnn3-c2ccccc2)n1. The maximum Gasteiger partial charge on any atom is 0.226 e. The van der Waals surface area contributed by atoms with Gasteiger partial charge in [0, 0.05) is 30.0 Å². The fourth-order valence-electron chi connectivity index (χ4n) is 3.11. The minimum Gasteiger partial charge on any atom is -0.310 e. The summed E-state index contributed by atoms with van der Waals surface area (Å²) in [5, 5.41) is 7.46. The quantitative estimate of drug-likeness (QED) is 0.798. The van der Waals surface area contributed by atoms with Gasteiger partial charge in [0.2, 0.25) is 5.91 Å². The zero-order valence-electron chi connectivity index (χ0n) is 14.2. The van der Waals surface area contributed by atoms with Crippen molar-refractivity contribution >= 4 is 11.7 Å². The van der Waals surface area contributed by atoms with Gasteiger partial charge in [-0.3, -0.25) is 4.79 Å². The molecule has 25 heavy (non-hydrogen) atoms. The summed E-state index contributed by atoms with van der Waals surface area (Å²) in [6, 6.07) is 11.7. The first-order chi connectivity index (χ1) is 12.1. The number of hydrogen-bond donors (Lipinski definition) is 1. The molecule has 4 rings (SSSR count). The molecule has 1 unspecified atom stereocenters. The predicted octanol–water partition coefficient (Wildman–Crippen LogP) is 3.26. The third-order valence-electron chi connectivity index (χ3n) is 4.39. The van der Waals surface area contributed by atoms with Crippen molar-refractivity contribution in [2.75, 3.05) is 5.32 Å². The second-order valence-corrected chi connectivity index (χ2v) is 6.50. The van der Waals surface area contributed by atoms with E-state index in [4.69, 9.17) is 0 Å². The first-order valence-corrected chi connectivity index (χ1v) is 8.39. The molecule has 126 valence electrons. The summed E-state index contributed by atoms with van der Waals surface area (Å²) < 4.78 is 1.77. The molecule has 1 amide bonds. The molecule has 1 aromatic carbocycles. The van der Waals surface area contributed by atoms with Crippen molar-refractivity contribution in [2.24, 2.45) is 0 Å². The minimum absolute atomic E-state index is 0.0279. The van der Waals surface area contributed by atoms with Gasteiger partial charge in [0.05, 0.1) is 17.6 Å². The molecular formula is C19H19N5O. The van der Waals surface area contributed by atoms with E-state index >= 15 is 0 Å². The maximum atomic E-state index is 12.3. The summed E-state index contributed by atoms with van der Waals surface area (Å²) in [5.41, 5.74) is 2.76. The van der Waals surface area contributed by atoms with Gasteiger partial charge in [-0.05, 0) is 18.2 Å². The molecule has 3 aromatic rings. The van der Waals surface area contributed by atoms with Gasteiger partial charge in [-0.25, -0.2) is 14.6 Å². The summed E-state index contributed by atoms with van der Waals surface area (Å²) in [6.45, 7) is 4.12. The van der Waals surface area contributed by atoms with Gasteiger partial charge in [0.15, 0.2) is 0 Å². The van der Waals surface area contributed by atoms with Crippen LogP contribution in [-0.2, 0) is 4.79 Å². The fourth-order valence-corrected chi connectivity index (χ4v) is 3.11. The van der Waals surface area contributed by atoms with Crippen LogP contribution in [0.15, 0.2) is 48.8 Å². The summed E-state index contributed by atoms with van der Waals surface area (Å²) >= 11 is 0. The highest BCUT2D eigenvalue weighted by Gasteiger charge is 2.31. The largest absolute Gasteiger partial charge is 0.310 e. The van der Waals surface area contributed by atoms with E-state index in [1.165, 1.54) is 0 Å². The third kappa shape index (κ3) is 2.80. The highest BCUT2D eigenvalue weighted by Crippen LogP contribution is 2.37. The van der Waals surface area contributed by atoms with Gasteiger partial charge in [-0.2, -0.15) is 5.10 Å². The Labute approximate surface area is 145 Å². The lowest BCUT2D eigenvalue weighted by molar-refractivity contribution is -0.116. The van der Waals surface area contributed by atoms with Crippen LogP contribution in [0.3, 0.4) is 0 Å². The van der Waals surface area contributed by atoms with Crippen molar-refractivity contribution in [3.63, 3.8) is 0 Å². The molecule has 0 radical (unpaired) electrons. The van der Waals surface area contributed by atoms with Crippen molar-refractivity contribution in [1.82, 2.24) is 19.7 Å².